The molecule has 0 spiro atoms. The molecular formula is C12H6Br2Cl3NO2S. The van der Waals surface area contributed by atoms with E-state index >= 15 is 0 Å². The molecular weight excluding hydrogens is 488 g/mol. The van der Waals surface area contributed by atoms with Gasteiger partial charge in [-0.1, -0.05) is 50.7 Å². The Bertz CT molecular complexity index is 812. The van der Waals surface area contributed by atoms with Crippen LogP contribution in [0.5, 0.6) is 0 Å². The molecule has 2 aromatic carbocycles. The molecule has 0 atom stereocenters. The third-order valence-electron chi connectivity index (χ3n) is 2.44. The molecule has 0 fully saturated rings. The second-order valence-corrected chi connectivity index (χ2v) is 8.57. The van der Waals surface area contributed by atoms with Crippen LogP contribution < -0.4 is 4.72 Å². The summed E-state index contributed by atoms with van der Waals surface area (Å²) >= 11 is 24.1. The van der Waals surface area contributed by atoms with E-state index in [0.29, 0.717) is 8.95 Å². The van der Waals surface area contributed by atoms with E-state index in [1.807, 2.05) is 0 Å². The quantitative estimate of drug-likeness (QED) is 0.535. The van der Waals surface area contributed by atoms with Crippen molar-refractivity contribution in [2.24, 2.45) is 0 Å². The molecule has 9 heteroatoms. The van der Waals surface area contributed by atoms with E-state index in [1.54, 1.807) is 12.1 Å². The third kappa shape index (κ3) is 4.06. The highest BCUT2D eigenvalue weighted by atomic mass is 79.9. The molecule has 0 aliphatic heterocycles. The number of anilines is 1. The number of rotatable bonds is 3. The van der Waals surface area contributed by atoms with Gasteiger partial charge >= 0.3 is 0 Å². The summed E-state index contributed by atoms with van der Waals surface area (Å²) in [4.78, 5) is 0.0685. The first-order chi connectivity index (χ1) is 9.70. The lowest BCUT2D eigenvalue weighted by Gasteiger charge is -2.12. The van der Waals surface area contributed by atoms with Crippen molar-refractivity contribution in [1.29, 1.82) is 0 Å². The van der Waals surface area contributed by atoms with Crippen LogP contribution in [-0.4, -0.2) is 8.42 Å². The summed E-state index contributed by atoms with van der Waals surface area (Å²) in [5.74, 6) is 0. The first kappa shape index (κ1) is 17.4. The van der Waals surface area contributed by atoms with Crippen molar-refractivity contribution in [2.75, 3.05) is 4.72 Å². The summed E-state index contributed by atoms with van der Waals surface area (Å²) in [7, 11) is -3.83. The Morgan fingerprint density at radius 1 is 0.905 bits per heavy atom. The normalized spacial score (nSPS) is 11.5. The zero-order valence-corrected chi connectivity index (χ0v) is 16.3. The summed E-state index contributed by atoms with van der Waals surface area (Å²) < 4.78 is 28.3. The number of nitrogens with one attached hydrogen (secondary N) is 1. The average molecular weight is 494 g/mol. The molecule has 0 amide bonds. The van der Waals surface area contributed by atoms with Gasteiger partial charge in [-0.15, -0.1) is 0 Å². The molecule has 0 radical (unpaired) electrons. The highest BCUT2D eigenvalue weighted by Crippen LogP contribution is 2.34. The predicted octanol–water partition coefficient (Wildman–Crippen LogP) is 5.97. The van der Waals surface area contributed by atoms with Crippen LogP contribution in [0.3, 0.4) is 0 Å². The van der Waals surface area contributed by atoms with E-state index in [-0.39, 0.29) is 25.7 Å². The lowest BCUT2D eigenvalue weighted by Crippen LogP contribution is -2.14. The summed E-state index contributed by atoms with van der Waals surface area (Å²) in [6, 6.07) is 7.54. The Labute approximate surface area is 153 Å². The molecule has 3 nitrogen and oxygen atoms in total. The van der Waals surface area contributed by atoms with Gasteiger partial charge < -0.3 is 0 Å². The minimum Gasteiger partial charge on any atom is -0.278 e. The topological polar surface area (TPSA) is 46.2 Å². The van der Waals surface area contributed by atoms with Gasteiger partial charge in [-0.2, -0.15) is 0 Å². The third-order valence-corrected chi connectivity index (χ3v) is 6.32. The van der Waals surface area contributed by atoms with Crippen LogP contribution >= 0.6 is 66.7 Å². The van der Waals surface area contributed by atoms with Gasteiger partial charge in [0.1, 0.15) is 4.90 Å². The molecule has 21 heavy (non-hydrogen) atoms. The second kappa shape index (κ2) is 6.64. The molecule has 0 heterocycles. The van der Waals surface area contributed by atoms with Gasteiger partial charge in [-0.3, -0.25) is 4.72 Å². The largest absolute Gasteiger partial charge is 0.278 e. The van der Waals surface area contributed by atoms with E-state index in [2.05, 4.69) is 36.6 Å². The van der Waals surface area contributed by atoms with Crippen molar-refractivity contribution >= 4 is 82.4 Å². The fourth-order valence-corrected chi connectivity index (χ4v) is 4.71. The van der Waals surface area contributed by atoms with E-state index in [1.165, 1.54) is 18.2 Å². The molecule has 0 aliphatic rings. The van der Waals surface area contributed by atoms with Gasteiger partial charge in [-0.25, -0.2) is 8.42 Å². The number of halogens is 5. The maximum absolute atomic E-state index is 12.4. The maximum Gasteiger partial charge on any atom is 0.263 e. The van der Waals surface area contributed by atoms with Crippen molar-refractivity contribution in [1.82, 2.24) is 0 Å². The van der Waals surface area contributed by atoms with Crippen LogP contribution in [0.15, 0.2) is 44.2 Å². The van der Waals surface area contributed by atoms with Gasteiger partial charge in [0.05, 0.1) is 20.8 Å². The molecule has 0 aromatic heterocycles. The van der Waals surface area contributed by atoms with E-state index in [0.717, 1.165) is 0 Å². The van der Waals surface area contributed by atoms with Gasteiger partial charge in [0.2, 0.25) is 0 Å². The number of hydrogen-bond donors (Lipinski definition) is 1. The van der Waals surface area contributed by atoms with Gasteiger partial charge in [-0.05, 0) is 46.3 Å². The van der Waals surface area contributed by atoms with Crippen LogP contribution in [0.1, 0.15) is 0 Å². The zero-order valence-electron chi connectivity index (χ0n) is 10.0. The minimum atomic E-state index is -3.83. The minimum absolute atomic E-state index is 0.0685. The van der Waals surface area contributed by atoms with Crippen LogP contribution in [0.25, 0.3) is 0 Å². The van der Waals surface area contributed by atoms with Crippen LogP contribution in [0.2, 0.25) is 15.1 Å². The predicted molar refractivity (Wildman–Crippen MR) is 94.1 cm³/mol. The standard InChI is InChI=1S/C12H6Br2Cl3NO2S/c13-6-1-2-7(14)12(3-6)21(19,20)18-11-5-9(16)8(15)4-10(11)17/h1-5,18H. The lowest BCUT2D eigenvalue weighted by atomic mass is 10.3. The summed E-state index contributed by atoms with van der Waals surface area (Å²) in [5, 5.41) is 0.597. The monoisotopic (exact) mass is 491 g/mol. The SMILES string of the molecule is O=S(=O)(Nc1cc(Cl)c(Cl)cc1Cl)c1cc(Br)ccc1Br. The highest BCUT2D eigenvalue weighted by molar-refractivity contribution is 9.11. The Kier molecular flexibility index (Phi) is 5.50. The number of hydrogen-bond acceptors (Lipinski definition) is 2. The van der Waals surface area contributed by atoms with Crippen molar-refractivity contribution < 1.29 is 8.42 Å². The molecule has 0 bridgehead atoms. The van der Waals surface area contributed by atoms with Gasteiger partial charge in [0.15, 0.2) is 0 Å². The van der Waals surface area contributed by atoms with Crippen molar-refractivity contribution in [2.45, 2.75) is 4.90 Å². The highest BCUT2D eigenvalue weighted by Gasteiger charge is 2.20. The molecule has 0 aliphatic carbocycles. The number of benzene rings is 2. The van der Waals surface area contributed by atoms with Gasteiger partial charge in [0.25, 0.3) is 10.0 Å². The fraction of sp³-hybridized carbons (Fsp3) is 0. The lowest BCUT2D eigenvalue weighted by molar-refractivity contribution is 0.600. The second-order valence-electron chi connectivity index (χ2n) is 3.93. The molecule has 112 valence electrons. The van der Waals surface area contributed by atoms with Gasteiger partial charge in [0, 0.05) is 8.95 Å². The summed E-state index contributed by atoms with van der Waals surface area (Å²) in [5.41, 5.74) is 0.151. The fourth-order valence-electron chi connectivity index (χ4n) is 1.48. The first-order valence-electron chi connectivity index (χ1n) is 5.33. The molecule has 0 unspecified atom stereocenters. The van der Waals surface area contributed by atoms with Crippen LogP contribution in [-0.2, 0) is 10.0 Å². The first-order valence-corrected chi connectivity index (χ1v) is 9.53. The summed E-state index contributed by atoms with van der Waals surface area (Å²) in [6.45, 7) is 0. The maximum atomic E-state index is 12.4. The van der Waals surface area contributed by atoms with Crippen LogP contribution in [0, 0.1) is 0 Å². The Balaban J connectivity index is 2.47. The van der Waals surface area contributed by atoms with E-state index < -0.39 is 10.0 Å². The zero-order chi connectivity index (χ0) is 15.8. The molecule has 2 rings (SSSR count). The number of sulfonamides is 1. The van der Waals surface area contributed by atoms with E-state index in [4.69, 9.17) is 34.8 Å². The van der Waals surface area contributed by atoms with Crippen molar-refractivity contribution in [3.8, 4) is 0 Å². The Morgan fingerprint density at radius 2 is 1.52 bits per heavy atom. The molecule has 2 aromatic rings. The smallest absolute Gasteiger partial charge is 0.263 e. The van der Waals surface area contributed by atoms with Crippen molar-refractivity contribution in [3.05, 3.63) is 54.3 Å². The average Bonchev–Trinajstić information content (AvgIpc) is 2.38. The molecule has 0 saturated carbocycles. The molecule has 1 N–H and O–H groups in total. The van der Waals surface area contributed by atoms with Crippen LogP contribution in [0.4, 0.5) is 5.69 Å². The van der Waals surface area contributed by atoms with Crippen molar-refractivity contribution in [3.63, 3.8) is 0 Å². The summed E-state index contributed by atoms with van der Waals surface area (Å²) in [6.07, 6.45) is 0. The Hall–Kier alpha value is 0.0200. The van der Waals surface area contributed by atoms with E-state index in [9.17, 15) is 8.42 Å². The molecule has 0 saturated heterocycles. The Morgan fingerprint density at radius 3 is 2.19 bits per heavy atom.